The van der Waals surface area contributed by atoms with Crippen LogP contribution in [0.2, 0.25) is 5.02 Å². The summed E-state index contributed by atoms with van der Waals surface area (Å²) in [7, 11) is 0. The molecule has 0 heterocycles. The van der Waals surface area contributed by atoms with Gasteiger partial charge in [-0.3, -0.25) is 0 Å². The Bertz CT molecular complexity index is 573. The van der Waals surface area contributed by atoms with Crippen molar-refractivity contribution in [2.75, 3.05) is 5.73 Å². The molecule has 2 N–H and O–H groups in total. The van der Waals surface area contributed by atoms with Crippen molar-refractivity contribution in [3.05, 3.63) is 52.0 Å². The van der Waals surface area contributed by atoms with Crippen molar-refractivity contribution < 1.29 is 0 Å². The van der Waals surface area contributed by atoms with E-state index in [0.29, 0.717) is 0 Å². The summed E-state index contributed by atoms with van der Waals surface area (Å²) in [6.07, 6.45) is 0. The second-order valence-corrected chi connectivity index (χ2v) is 4.90. The third kappa shape index (κ3) is 2.29. The van der Waals surface area contributed by atoms with Crippen LogP contribution in [0.4, 0.5) is 5.69 Å². The van der Waals surface area contributed by atoms with Gasteiger partial charge in [0, 0.05) is 10.7 Å². The molecule has 0 unspecified atom stereocenters. The van der Waals surface area contributed by atoms with Gasteiger partial charge >= 0.3 is 0 Å². The van der Waals surface area contributed by atoms with Crippen LogP contribution in [0.1, 0.15) is 16.7 Å². The molecule has 0 spiro atoms. The standard InChI is InChI=1S/C15H16ClN/c1-9-6-12(17)4-5-13(9)14-7-11(3)15(16)8-10(14)2/h4-8H,17H2,1-3H3. The molecule has 0 saturated carbocycles. The molecule has 0 aliphatic carbocycles. The highest BCUT2D eigenvalue weighted by molar-refractivity contribution is 6.31. The maximum atomic E-state index is 6.12. The molecule has 2 rings (SSSR count). The molecule has 0 radical (unpaired) electrons. The zero-order valence-electron chi connectivity index (χ0n) is 10.3. The molecule has 2 aromatic carbocycles. The first-order valence-corrected chi connectivity index (χ1v) is 6.00. The number of nitrogens with two attached hydrogens (primary N) is 1. The Hall–Kier alpha value is -1.47. The maximum Gasteiger partial charge on any atom is 0.0438 e. The zero-order valence-corrected chi connectivity index (χ0v) is 11.1. The highest BCUT2D eigenvalue weighted by Crippen LogP contribution is 2.31. The van der Waals surface area contributed by atoms with Gasteiger partial charge in [-0.15, -0.1) is 0 Å². The largest absolute Gasteiger partial charge is 0.399 e. The molecule has 0 aliphatic rings. The third-order valence-corrected chi connectivity index (χ3v) is 3.45. The molecule has 17 heavy (non-hydrogen) atoms. The number of halogens is 1. The second kappa shape index (κ2) is 4.42. The van der Waals surface area contributed by atoms with Gasteiger partial charge in [0.15, 0.2) is 0 Å². The minimum Gasteiger partial charge on any atom is -0.399 e. The highest BCUT2D eigenvalue weighted by Gasteiger charge is 2.07. The molecule has 0 saturated heterocycles. The summed E-state index contributed by atoms with van der Waals surface area (Å²) in [5.74, 6) is 0. The van der Waals surface area contributed by atoms with Crippen molar-refractivity contribution in [3.63, 3.8) is 0 Å². The number of hydrogen-bond donors (Lipinski definition) is 1. The molecular weight excluding hydrogens is 230 g/mol. The van der Waals surface area contributed by atoms with Crippen LogP contribution in [-0.4, -0.2) is 0 Å². The normalized spacial score (nSPS) is 10.6. The van der Waals surface area contributed by atoms with E-state index >= 15 is 0 Å². The second-order valence-electron chi connectivity index (χ2n) is 4.49. The summed E-state index contributed by atoms with van der Waals surface area (Å²) in [6.45, 7) is 6.18. The first-order valence-electron chi connectivity index (χ1n) is 5.62. The number of rotatable bonds is 1. The van der Waals surface area contributed by atoms with Gasteiger partial charge in [-0.25, -0.2) is 0 Å². The van der Waals surface area contributed by atoms with Crippen LogP contribution >= 0.6 is 11.6 Å². The third-order valence-electron chi connectivity index (χ3n) is 3.05. The lowest BCUT2D eigenvalue weighted by atomic mass is 9.95. The van der Waals surface area contributed by atoms with Crippen molar-refractivity contribution in [1.29, 1.82) is 0 Å². The molecule has 0 fully saturated rings. The topological polar surface area (TPSA) is 26.0 Å². The van der Waals surface area contributed by atoms with E-state index in [1.54, 1.807) is 0 Å². The first-order chi connectivity index (χ1) is 7.99. The van der Waals surface area contributed by atoms with Crippen LogP contribution in [0.5, 0.6) is 0 Å². The number of hydrogen-bond acceptors (Lipinski definition) is 1. The van der Waals surface area contributed by atoms with Crippen molar-refractivity contribution in [1.82, 2.24) is 0 Å². The van der Waals surface area contributed by atoms with Gasteiger partial charge < -0.3 is 5.73 Å². The maximum absolute atomic E-state index is 6.12. The van der Waals surface area contributed by atoms with E-state index in [4.69, 9.17) is 17.3 Å². The number of aryl methyl sites for hydroxylation is 3. The Morgan fingerprint density at radius 1 is 0.824 bits per heavy atom. The molecule has 88 valence electrons. The summed E-state index contributed by atoms with van der Waals surface area (Å²) in [5.41, 5.74) is 12.5. The minimum absolute atomic E-state index is 0.801. The van der Waals surface area contributed by atoms with Crippen LogP contribution in [0.3, 0.4) is 0 Å². The molecular formula is C15H16ClN. The van der Waals surface area contributed by atoms with E-state index in [0.717, 1.165) is 16.3 Å². The molecule has 0 aromatic heterocycles. The van der Waals surface area contributed by atoms with Gasteiger partial charge in [-0.2, -0.15) is 0 Å². The number of anilines is 1. The smallest absolute Gasteiger partial charge is 0.0438 e. The van der Waals surface area contributed by atoms with Crippen molar-refractivity contribution in [2.24, 2.45) is 0 Å². The molecule has 2 heteroatoms. The lowest BCUT2D eigenvalue weighted by molar-refractivity contribution is 1.37. The fourth-order valence-electron chi connectivity index (χ4n) is 2.06. The van der Waals surface area contributed by atoms with E-state index in [9.17, 15) is 0 Å². The van der Waals surface area contributed by atoms with Gasteiger partial charge in [0.05, 0.1) is 0 Å². The van der Waals surface area contributed by atoms with Crippen molar-refractivity contribution >= 4 is 17.3 Å². The van der Waals surface area contributed by atoms with E-state index in [1.165, 1.54) is 22.3 Å². The van der Waals surface area contributed by atoms with Crippen LogP contribution < -0.4 is 5.73 Å². The van der Waals surface area contributed by atoms with Crippen LogP contribution in [0, 0.1) is 20.8 Å². The summed E-state index contributed by atoms with van der Waals surface area (Å²) < 4.78 is 0. The summed E-state index contributed by atoms with van der Waals surface area (Å²) in [4.78, 5) is 0. The summed E-state index contributed by atoms with van der Waals surface area (Å²) in [6, 6.07) is 10.2. The van der Waals surface area contributed by atoms with E-state index < -0.39 is 0 Å². The SMILES string of the molecule is Cc1cc(-c2ccc(N)cc2C)c(C)cc1Cl. The minimum atomic E-state index is 0.801. The van der Waals surface area contributed by atoms with Gasteiger partial charge in [-0.05, 0) is 72.9 Å². The van der Waals surface area contributed by atoms with Crippen LogP contribution in [-0.2, 0) is 0 Å². The highest BCUT2D eigenvalue weighted by atomic mass is 35.5. The Balaban J connectivity index is 2.64. The number of benzene rings is 2. The predicted octanol–water partition coefficient (Wildman–Crippen LogP) is 4.51. The molecule has 1 nitrogen and oxygen atoms in total. The van der Waals surface area contributed by atoms with Crippen LogP contribution in [0.15, 0.2) is 30.3 Å². The molecule has 0 bridgehead atoms. The quantitative estimate of drug-likeness (QED) is 0.735. The van der Waals surface area contributed by atoms with Gasteiger partial charge in [-0.1, -0.05) is 17.7 Å². The average molecular weight is 246 g/mol. The van der Waals surface area contributed by atoms with Crippen molar-refractivity contribution in [3.8, 4) is 11.1 Å². The first kappa shape index (κ1) is 12.0. The lowest BCUT2D eigenvalue weighted by Crippen LogP contribution is -1.91. The predicted molar refractivity (Wildman–Crippen MR) is 75.5 cm³/mol. The number of nitrogen functional groups attached to an aromatic ring is 1. The molecule has 2 aromatic rings. The Morgan fingerprint density at radius 2 is 1.47 bits per heavy atom. The molecule has 0 atom stereocenters. The fourth-order valence-corrected chi connectivity index (χ4v) is 2.28. The Morgan fingerprint density at radius 3 is 2.12 bits per heavy atom. The molecule has 0 amide bonds. The molecule has 0 aliphatic heterocycles. The summed E-state index contributed by atoms with van der Waals surface area (Å²) >= 11 is 6.12. The van der Waals surface area contributed by atoms with Gasteiger partial charge in [0.1, 0.15) is 0 Å². The van der Waals surface area contributed by atoms with E-state index in [2.05, 4.69) is 26.0 Å². The fraction of sp³-hybridized carbons (Fsp3) is 0.200. The van der Waals surface area contributed by atoms with E-state index in [-0.39, 0.29) is 0 Å². The van der Waals surface area contributed by atoms with Crippen molar-refractivity contribution in [2.45, 2.75) is 20.8 Å². The summed E-state index contributed by atoms with van der Waals surface area (Å²) in [5, 5.41) is 0.819. The van der Waals surface area contributed by atoms with Gasteiger partial charge in [0.25, 0.3) is 0 Å². The average Bonchev–Trinajstić information content (AvgIpc) is 2.24. The monoisotopic (exact) mass is 245 g/mol. The Kier molecular flexibility index (Phi) is 3.12. The Labute approximate surface area is 107 Å². The lowest BCUT2D eigenvalue weighted by Gasteiger charge is -2.12. The van der Waals surface area contributed by atoms with Gasteiger partial charge in [0.2, 0.25) is 0 Å². The van der Waals surface area contributed by atoms with Crippen LogP contribution in [0.25, 0.3) is 11.1 Å². The zero-order chi connectivity index (χ0) is 12.6. The van der Waals surface area contributed by atoms with E-state index in [1.807, 2.05) is 25.1 Å².